The second kappa shape index (κ2) is 6.16. The molecule has 0 aliphatic carbocycles. The number of hydrogen-bond acceptors (Lipinski definition) is 7. The summed E-state index contributed by atoms with van der Waals surface area (Å²) in [7, 11) is 2.89. The highest BCUT2D eigenvalue weighted by Gasteiger charge is 2.29. The van der Waals surface area contributed by atoms with E-state index in [-0.39, 0.29) is 28.3 Å². The fourth-order valence-corrected chi connectivity index (χ4v) is 2.53. The summed E-state index contributed by atoms with van der Waals surface area (Å²) in [6.45, 7) is 0. The average molecular weight is 343 g/mol. The summed E-state index contributed by atoms with van der Waals surface area (Å²) in [4.78, 5) is 22.6. The van der Waals surface area contributed by atoms with Gasteiger partial charge in [0.2, 0.25) is 0 Å². The quantitative estimate of drug-likeness (QED) is 0.516. The van der Waals surface area contributed by atoms with Crippen LogP contribution in [0.25, 0.3) is 11.8 Å². The number of carbonyl (C=O) groups is 1. The number of ether oxygens (including phenoxy) is 3. The molecule has 1 aliphatic rings. The highest BCUT2D eigenvalue weighted by Crippen LogP contribution is 2.40. The number of nitro groups is 1. The van der Waals surface area contributed by atoms with Gasteiger partial charge in [-0.25, -0.2) is 4.79 Å². The lowest BCUT2D eigenvalue weighted by Gasteiger charge is -2.08. The maximum absolute atomic E-state index is 12.1. The number of nitrogens with zero attached hydrogens (tertiary/aromatic N) is 1. The Morgan fingerprint density at radius 3 is 2.36 bits per heavy atom. The third-order valence-electron chi connectivity index (χ3n) is 3.71. The van der Waals surface area contributed by atoms with Gasteiger partial charge in [-0.2, -0.15) is 0 Å². The normalized spacial score (nSPS) is 14.2. The van der Waals surface area contributed by atoms with Crippen LogP contribution in [0.2, 0.25) is 0 Å². The van der Waals surface area contributed by atoms with Gasteiger partial charge >= 0.3 is 5.97 Å². The molecule has 2 aromatic carbocycles. The Morgan fingerprint density at radius 1 is 1.12 bits per heavy atom. The monoisotopic (exact) mass is 343 g/mol. The van der Waals surface area contributed by atoms with Crippen molar-refractivity contribution in [3.05, 3.63) is 57.1 Å². The predicted molar refractivity (Wildman–Crippen MR) is 87.6 cm³/mol. The number of esters is 1. The van der Waals surface area contributed by atoms with Gasteiger partial charge in [-0.3, -0.25) is 10.1 Å². The zero-order valence-electron chi connectivity index (χ0n) is 13.3. The van der Waals surface area contributed by atoms with E-state index in [9.17, 15) is 20.0 Å². The van der Waals surface area contributed by atoms with Gasteiger partial charge in [0.25, 0.3) is 5.69 Å². The highest BCUT2D eigenvalue weighted by atomic mass is 16.6. The van der Waals surface area contributed by atoms with E-state index in [2.05, 4.69) is 0 Å². The molecule has 0 saturated heterocycles. The van der Waals surface area contributed by atoms with Crippen LogP contribution in [0.1, 0.15) is 21.5 Å². The van der Waals surface area contributed by atoms with Gasteiger partial charge < -0.3 is 19.3 Å². The lowest BCUT2D eigenvalue weighted by Crippen LogP contribution is -1.96. The molecule has 1 N–H and O–H groups in total. The number of cyclic esters (lactones) is 1. The first-order chi connectivity index (χ1) is 11.9. The van der Waals surface area contributed by atoms with Crippen molar-refractivity contribution in [3.8, 4) is 17.2 Å². The van der Waals surface area contributed by atoms with Gasteiger partial charge in [0, 0.05) is 11.6 Å². The van der Waals surface area contributed by atoms with Gasteiger partial charge in [0.15, 0.2) is 11.5 Å². The summed E-state index contributed by atoms with van der Waals surface area (Å²) in [5, 5.41) is 20.7. The molecule has 0 fully saturated rings. The van der Waals surface area contributed by atoms with E-state index in [0.29, 0.717) is 17.1 Å². The summed E-state index contributed by atoms with van der Waals surface area (Å²) >= 11 is 0. The zero-order valence-corrected chi connectivity index (χ0v) is 13.3. The lowest BCUT2D eigenvalue weighted by atomic mass is 10.0. The van der Waals surface area contributed by atoms with Crippen molar-refractivity contribution in [1.29, 1.82) is 0 Å². The van der Waals surface area contributed by atoms with E-state index < -0.39 is 10.9 Å². The standard InChI is InChI=1S/C17H13NO7/c1-23-15-7-11-12(8-16(15)24-2)17(20)25-14(11)6-9-5-10(19)3-4-13(9)18(21)22/h3-8,19H,1-2H3/b14-6+. The Kier molecular flexibility index (Phi) is 4.02. The third kappa shape index (κ3) is 2.85. The summed E-state index contributed by atoms with van der Waals surface area (Å²) in [6.07, 6.45) is 1.33. The number of nitro benzene ring substituents is 1. The molecule has 0 amide bonds. The van der Waals surface area contributed by atoms with Crippen LogP contribution in [0.15, 0.2) is 30.3 Å². The van der Waals surface area contributed by atoms with E-state index >= 15 is 0 Å². The topological polar surface area (TPSA) is 108 Å². The summed E-state index contributed by atoms with van der Waals surface area (Å²) in [5.74, 6) is 0.118. The molecular weight excluding hydrogens is 330 g/mol. The van der Waals surface area contributed by atoms with Gasteiger partial charge in [-0.1, -0.05) is 0 Å². The molecule has 1 aliphatic heterocycles. The van der Waals surface area contributed by atoms with Gasteiger partial charge in [-0.05, 0) is 30.3 Å². The second-order valence-electron chi connectivity index (χ2n) is 5.15. The number of carbonyl (C=O) groups excluding carboxylic acids is 1. The maximum Gasteiger partial charge on any atom is 0.344 e. The van der Waals surface area contributed by atoms with Crippen LogP contribution in [0.3, 0.4) is 0 Å². The van der Waals surface area contributed by atoms with E-state index in [1.54, 1.807) is 6.07 Å². The number of benzene rings is 2. The molecule has 2 aromatic rings. The smallest absolute Gasteiger partial charge is 0.344 e. The number of phenols is 1. The number of aromatic hydroxyl groups is 1. The second-order valence-corrected chi connectivity index (χ2v) is 5.15. The molecule has 0 unspecified atom stereocenters. The Morgan fingerprint density at radius 2 is 1.76 bits per heavy atom. The zero-order chi connectivity index (χ0) is 18.1. The molecule has 8 heteroatoms. The summed E-state index contributed by atoms with van der Waals surface area (Å²) in [5.41, 5.74) is 0.553. The molecule has 128 valence electrons. The van der Waals surface area contributed by atoms with E-state index in [1.807, 2.05) is 0 Å². The van der Waals surface area contributed by atoms with Gasteiger partial charge in [-0.15, -0.1) is 0 Å². The van der Waals surface area contributed by atoms with Crippen LogP contribution in [0.5, 0.6) is 17.2 Å². The Bertz CT molecular complexity index is 917. The Labute approximate surface area is 142 Å². The first-order valence-electron chi connectivity index (χ1n) is 7.12. The van der Waals surface area contributed by atoms with Crippen molar-refractivity contribution in [2.24, 2.45) is 0 Å². The number of methoxy groups -OCH3 is 2. The molecule has 1 heterocycles. The Hall–Kier alpha value is -3.55. The van der Waals surface area contributed by atoms with Crippen LogP contribution < -0.4 is 9.47 Å². The lowest BCUT2D eigenvalue weighted by molar-refractivity contribution is -0.385. The van der Waals surface area contributed by atoms with Crippen molar-refractivity contribution in [2.75, 3.05) is 14.2 Å². The van der Waals surface area contributed by atoms with Crippen LogP contribution in [-0.4, -0.2) is 30.2 Å². The van der Waals surface area contributed by atoms with Crippen molar-refractivity contribution in [2.45, 2.75) is 0 Å². The van der Waals surface area contributed by atoms with Gasteiger partial charge in [0.1, 0.15) is 11.5 Å². The van der Waals surface area contributed by atoms with Gasteiger partial charge in [0.05, 0.1) is 30.3 Å². The maximum atomic E-state index is 12.1. The summed E-state index contributed by atoms with van der Waals surface area (Å²) in [6, 6.07) is 6.64. The van der Waals surface area contributed by atoms with Crippen molar-refractivity contribution >= 4 is 23.5 Å². The SMILES string of the molecule is COc1cc2c(cc1OC)/C(=C\c1cc(O)ccc1[N+](=O)[O-])OC2=O. The first kappa shape index (κ1) is 16.3. The average Bonchev–Trinajstić information content (AvgIpc) is 2.88. The number of fused-ring (bicyclic) bond motifs is 1. The Balaban J connectivity index is 2.17. The van der Waals surface area contributed by atoms with E-state index in [1.165, 1.54) is 44.6 Å². The van der Waals surface area contributed by atoms with E-state index in [0.717, 1.165) is 0 Å². The highest BCUT2D eigenvalue weighted by molar-refractivity contribution is 6.06. The minimum absolute atomic E-state index is 0.107. The molecule has 3 rings (SSSR count). The van der Waals surface area contributed by atoms with Crippen LogP contribution in [-0.2, 0) is 4.74 Å². The minimum Gasteiger partial charge on any atom is -0.508 e. The number of hydrogen-bond donors (Lipinski definition) is 1. The largest absolute Gasteiger partial charge is 0.508 e. The summed E-state index contributed by atoms with van der Waals surface area (Å²) < 4.78 is 15.6. The molecule has 0 spiro atoms. The molecule has 0 aromatic heterocycles. The van der Waals surface area contributed by atoms with Crippen LogP contribution in [0, 0.1) is 10.1 Å². The molecule has 25 heavy (non-hydrogen) atoms. The molecule has 0 saturated carbocycles. The third-order valence-corrected chi connectivity index (χ3v) is 3.71. The molecular formula is C17H13NO7. The number of rotatable bonds is 4. The fourth-order valence-electron chi connectivity index (χ4n) is 2.53. The van der Waals surface area contributed by atoms with Crippen molar-refractivity contribution < 1.29 is 29.0 Å². The van der Waals surface area contributed by atoms with Crippen LogP contribution in [0.4, 0.5) is 5.69 Å². The van der Waals surface area contributed by atoms with E-state index in [4.69, 9.17) is 14.2 Å². The van der Waals surface area contributed by atoms with Crippen molar-refractivity contribution in [3.63, 3.8) is 0 Å². The minimum atomic E-state index is -0.606. The first-order valence-corrected chi connectivity index (χ1v) is 7.12. The fraction of sp³-hybridized carbons (Fsp3) is 0.118. The number of phenolic OH excluding ortho intramolecular Hbond substituents is 1. The van der Waals surface area contributed by atoms with Crippen molar-refractivity contribution in [1.82, 2.24) is 0 Å². The molecule has 0 atom stereocenters. The predicted octanol–water partition coefficient (Wildman–Crippen LogP) is 2.99. The molecule has 0 bridgehead atoms. The molecule has 0 radical (unpaired) electrons. The van der Waals surface area contributed by atoms with Crippen LogP contribution >= 0.6 is 0 Å². The molecule has 8 nitrogen and oxygen atoms in total.